The summed E-state index contributed by atoms with van der Waals surface area (Å²) in [6.45, 7) is 3.95. The van der Waals surface area contributed by atoms with Gasteiger partial charge in [0.2, 0.25) is 0 Å². The van der Waals surface area contributed by atoms with E-state index in [9.17, 15) is 4.79 Å². The van der Waals surface area contributed by atoms with Gasteiger partial charge >= 0.3 is 0 Å². The molecule has 3 aromatic heterocycles. The second-order valence-corrected chi connectivity index (χ2v) is 7.60. The molecule has 0 saturated carbocycles. The molecule has 1 unspecified atom stereocenters. The molecule has 2 aromatic carbocycles. The van der Waals surface area contributed by atoms with Gasteiger partial charge in [-0.3, -0.25) is 4.79 Å². The van der Waals surface area contributed by atoms with E-state index in [0.717, 1.165) is 38.9 Å². The zero-order chi connectivity index (χ0) is 21.4. The van der Waals surface area contributed by atoms with E-state index in [-0.39, 0.29) is 11.9 Å². The van der Waals surface area contributed by atoms with Crippen LogP contribution in [0.3, 0.4) is 0 Å². The van der Waals surface area contributed by atoms with Gasteiger partial charge in [-0.05, 0) is 55.3 Å². The van der Waals surface area contributed by atoms with Crippen molar-refractivity contribution in [3.63, 3.8) is 0 Å². The molecule has 5 aromatic rings. The highest BCUT2D eigenvalue weighted by Gasteiger charge is 2.17. The van der Waals surface area contributed by atoms with Gasteiger partial charge in [-0.25, -0.2) is 14.5 Å². The predicted octanol–water partition coefficient (Wildman–Crippen LogP) is 4.74. The molecule has 0 fully saturated rings. The number of carbonyl (C=O) groups excluding carboxylic acids is 1. The first-order valence-corrected chi connectivity index (χ1v) is 10.2. The molecule has 1 atom stereocenters. The standard InChI is InChI=1S/C25H21N5O/c1-16-7-3-4-8-19(16)25(31)28-17(2)21-13-23(29-22-10-6-5-9-20(21)22)18-11-12-24-26-15-27-30(24)14-18/h3-15,17H,1-2H3,(H,28,31). The molecule has 1 N–H and O–H groups in total. The lowest BCUT2D eigenvalue weighted by Gasteiger charge is -2.18. The van der Waals surface area contributed by atoms with E-state index < -0.39 is 0 Å². The number of benzene rings is 2. The number of carbonyl (C=O) groups is 1. The zero-order valence-electron chi connectivity index (χ0n) is 17.3. The van der Waals surface area contributed by atoms with Crippen LogP contribution in [0.1, 0.15) is 34.5 Å². The van der Waals surface area contributed by atoms with Gasteiger partial charge in [-0.2, -0.15) is 5.10 Å². The summed E-state index contributed by atoms with van der Waals surface area (Å²) >= 11 is 0. The lowest BCUT2D eigenvalue weighted by Crippen LogP contribution is -2.27. The third kappa shape index (κ3) is 3.53. The van der Waals surface area contributed by atoms with E-state index in [1.807, 2.05) is 86.8 Å². The molecule has 0 aliphatic rings. The maximum atomic E-state index is 12.9. The third-order valence-corrected chi connectivity index (χ3v) is 5.52. The minimum Gasteiger partial charge on any atom is -0.345 e. The van der Waals surface area contributed by atoms with Crippen molar-refractivity contribution < 1.29 is 4.79 Å². The predicted molar refractivity (Wildman–Crippen MR) is 121 cm³/mol. The number of fused-ring (bicyclic) bond motifs is 2. The number of hydrogen-bond acceptors (Lipinski definition) is 4. The number of nitrogens with zero attached hydrogens (tertiary/aromatic N) is 4. The molecule has 1 amide bonds. The van der Waals surface area contributed by atoms with Crippen LogP contribution in [0.15, 0.2) is 79.3 Å². The molecular formula is C25H21N5O. The Morgan fingerprint density at radius 2 is 1.84 bits per heavy atom. The largest absolute Gasteiger partial charge is 0.345 e. The van der Waals surface area contributed by atoms with Crippen LogP contribution in [0.2, 0.25) is 0 Å². The van der Waals surface area contributed by atoms with Crippen LogP contribution < -0.4 is 5.32 Å². The molecule has 31 heavy (non-hydrogen) atoms. The maximum absolute atomic E-state index is 12.9. The lowest BCUT2D eigenvalue weighted by molar-refractivity contribution is 0.0939. The van der Waals surface area contributed by atoms with Crippen molar-refractivity contribution in [1.29, 1.82) is 0 Å². The summed E-state index contributed by atoms with van der Waals surface area (Å²) in [5, 5.41) is 8.40. The second kappa shape index (κ2) is 7.65. The number of amides is 1. The number of aromatic nitrogens is 4. The highest BCUT2D eigenvalue weighted by atomic mass is 16.1. The summed E-state index contributed by atoms with van der Waals surface area (Å²) in [5.41, 5.74) is 6.07. The van der Waals surface area contributed by atoms with Gasteiger partial charge in [-0.15, -0.1) is 0 Å². The van der Waals surface area contributed by atoms with E-state index >= 15 is 0 Å². The van der Waals surface area contributed by atoms with E-state index in [2.05, 4.69) is 15.4 Å². The van der Waals surface area contributed by atoms with Crippen molar-refractivity contribution in [3.05, 3.63) is 95.9 Å². The highest BCUT2D eigenvalue weighted by molar-refractivity contribution is 5.96. The summed E-state index contributed by atoms with van der Waals surface area (Å²) in [5.74, 6) is -0.0860. The van der Waals surface area contributed by atoms with Crippen LogP contribution in [0.5, 0.6) is 0 Å². The van der Waals surface area contributed by atoms with E-state index in [1.54, 1.807) is 4.52 Å². The highest BCUT2D eigenvalue weighted by Crippen LogP contribution is 2.29. The summed E-state index contributed by atoms with van der Waals surface area (Å²) in [6, 6.07) is 21.4. The van der Waals surface area contributed by atoms with Gasteiger partial charge in [-0.1, -0.05) is 36.4 Å². The van der Waals surface area contributed by atoms with Gasteiger partial charge in [0.15, 0.2) is 5.65 Å². The van der Waals surface area contributed by atoms with Crippen LogP contribution in [0.4, 0.5) is 0 Å². The number of pyridine rings is 2. The minimum atomic E-state index is -0.200. The molecule has 0 bridgehead atoms. The molecule has 5 rings (SSSR count). The Morgan fingerprint density at radius 1 is 1.03 bits per heavy atom. The number of aryl methyl sites for hydroxylation is 1. The summed E-state index contributed by atoms with van der Waals surface area (Å²) in [6.07, 6.45) is 3.45. The van der Waals surface area contributed by atoms with Crippen LogP contribution in [0.25, 0.3) is 27.8 Å². The third-order valence-electron chi connectivity index (χ3n) is 5.52. The molecule has 0 radical (unpaired) electrons. The smallest absolute Gasteiger partial charge is 0.252 e. The Hall–Kier alpha value is -4.06. The first-order chi connectivity index (χ1) is 15.1. The van der Waals surface area contributed by atoms with Gasteiger partial charge in [0.1, 0.15) is 6.33 Å². The Morgan fingerprint density at radius 3 is 2.71 bits per heavy atom. The SMILES string of the molecule is Cc1ccccc1C(=O)NC(C)c1cc(-c2ccc3ncnn3c2)nc2ccccc12. The van der Waals surface area contributed by atoms with Crippen molar-refractivity contribution in [3.8, 4) is 11.3 Å². The fraction of sp³-hybridized carbons (Fsp3) is 0.120. The monoisotopic (exact) mass is 407 g/mol. The number of hydrogen-bond donors (Lipinski definition) is 1. The summed E-state index contributed by atoms with van der Waals surface area (Å²) < 4.78 is 1.73. The van der Waals surface area contributed by atoms with Crippen molar-refractivity contribution in [2.45, 2.75) is 19.9 Å². The van der Waals surface area contributed by atoms with Gasteiger partial charge in [0.25, 0.3) is 5.91 Å². The maximum Gasteiger partial charge on any atom is 0.252 e. The van der Waals surface area contributed by atoms with Crippen LogP contribution in [-0.2, 0) is 0 Å². The van der Waals surface area contributed by atoms with Crippen LogP contribution in [0, 0.1) is 6.92 Å². The van der Waals surface area contributed by atoms with Gasteiger partial charge < -0.3 is 5.32 Å². The van der Waals surface area contributed by atoms with Crippen molar-refractivity contribution in [1.82, 2.24) is 24.9 Å². The number of rotatable bonds is 4. The molecule has 6 nitrogen and oxygen atoms in total. The fourth-order valence-corrected chi connectivity index (χ4v) is 3.86. The Balaban J connectivity index is 1.57. The summed E-state index contributed by atoms with van der Waals surface area (Å²) in [4.78, 5) is 22.0. The molecule has 6 heteroatoms. The topological polar surface area (TPSA) is 72.2 Å². The fourth-order valence-electron chi connectivity index (χ4n) is 3.86. The van der Waals surface area contributed by atoms with Crippen LogP contribution in [-0.4, -0.2) is 25.5 Å². The molecular weight excluding hydrogens is 386 g/mol. The average Bonchev–Trinajstić information content (AvgIpc) is 3.26. The number of para-hydroxylation sites is 1. The van der Waals surface area contributed by atoms with Gasteiger partial charge in [0.05, 0.1) is 17.3 Å². The van der Waals surface area contributed by atoms with E-state index in [1.165, 1.54) is 6.33 Å². The molecule has 152 valence electrons. The molecule has 3 heterocycles. The Bertz CT molecular complexity index is 1420. The zero-order valence-corrected chi connectivity index (χ0v) is 17.3. The van der Waals surface area contributed by atoms with Crippen molar-refractivity contribution >= 4 is 22.5 Å². The average molecular weight is 407 g/mol. The van der Waals surface area contributed by atoms with Crippen LogP contribution >= 0.6 is 0 Å². The first-order valence-electron chi connectivity index (χ1n) is 10.2. The quantitative estimate of drug-likeness (QED) is 0.467. The Kier molecular flexibility index (Phi) is 4.67. The second-order valence-electron chi connectivity index (χ2n) is 7.60. The van der Waals surface area contributed by atoms with E-state index in [4.69, 9.17) is 4.98 Å². The lowest BCUT2D eigenvalue weighted by atomic mass is 9.99. The first kappa shape index (κ1) is 18.9. The molecule has 0 saturated heterocycles. The van der Waals surface area contributed by atoms with Crippen molar-refractivity contribution in [2.24, 2.45) is 0 Å². The molecule has 0 aliphatic heterocycles. The molecule has 0 aliphatic carbocycles. The van der Waals surface area contributed by atoms with Crippen molar-refractivity contribution in [2.75, 3.05) is 0 Å². The number of nitrogens with one attached hydrogen (secondary N) is 1. The van der Waals surface area contributed by atoms with Gasteiger partial charge in [0, 0.05) is 22.7 Å². The van der Waals surface area contributed by atoms with E-state index in [0.29, 0.717) is 5.56 Å². The minimum absolute atomic E-state index is 0.0860. The normalized spacial score (nSPS) is 12.2. The molecule has 0 spiro atoms. The summed E-state index contributed by atoms with van der Waals surface area (Å²) in [7, 11) is 0. The Labute approximate surface area is 179 Å².